The van der Waals surface area contributed by atoms with Crippen molar-refractivity contribution in [3.05, 3.63) is 65.0 Å². The van der Waals surface area contributed by atoms with E-state index in [1.807, 2.05) is 6.07 Å². The van der Waals surface area contributed by atoms with Gasteiger partial charge in [-0.15, -0.1) is 0 Å². The molecule has 2 aromatic rings. The Morgan fingerprint density at radius 3 is 2.76 bits per heavy atom. The van der Waals surface area contributed by atoms with Crippen LogP contribution < -0.4 is 10.1 Å². The molecule has 0 bridgehead atoms. The van der Waals surface area contributed by atoms with Crippen LogP contribution in [0.2, 0.25) is 0 Å². The summed E-state index contributed by atoms with van der Waals surface area (Å²) >= 11 is 0. The fraction of sp³-hybridized carbons (Fsp3) is 0.263. The maximum Gasteiger partial charge on any atom is 0.339 e. The highest BCUT2D eigenvalue weighted by Crippen LogP contribution is 2.47. The summed E-state index contributed by atoms with van der Waals surface area (Å²) in [4.78, 5) is 23.3. The molecular formula is C19H18FNO4. The molecule has 0 unspecified atom stereocenters. The minimum absolute atomic E-state index is 0.0552. The molecule has 2 atom stereocenters. The Hall–Kier alpha value is -2.89. The number of nitrogens with one attached hydrogen (secondary N) is 1. The Kier molecular flexibility index (Phi) is 4.70. The van der Waals surface area contributed by atoms with Gasteiger partial charge in [0, 0.05) is 12.5 Å². The van der Waals surface area contributed by atoms with Crippen LogP contribution in [0.3, 0.4) is 0 Å². The quantitative estimate of drug-likeness (QED) is 0.845. The highest BCUT2D eigenvalue weighted by Gasteiger charge is 2.43. The third kappa shape index (κ3) is 3.79. The Labute approximate surface area is 144 Å². The number of amides is 1. The predicted molar refractivity (Wildman–Crippen MR) is 89.0 cm³/mol. The van der Waals surface area contributed by atoms with Gasteiger partial charge in [0.25, 0.3) is 0 Å². The van der Waals surface area contributed by atoms with Crippen LogP contribution in [-0.2, 0) is 11.3 Å². The van der Waals surface area contributed by atoms with Gasteiger partial charge in [-0.05, 0) is 47.7 Å². The van der Waals surface area contributed by atoms with Crippen molar-refractivity contribution in [2.24, 2.45) is 5.92 Å². The third-order valence-corrected chi connectivity index (χ3v) is 4.37. The number of carbonyl (C=O) groups excluding carboxylic acids is 1. The molecule has 1 aliphatic rings. The van der Waals surface area contributed by atoms with Crippen LogP contribution in [0.1, 0.15) is 33.8 Å². The largest absolute Gasteiger partial charge is 0.496 e. The Balaban J connectivity index is 1.59. The van der Waals surface area contributed by atoms with Crippen LogP contribution >= 0.6 is 0 Å². The summed E-state index contributed by atoms with van der Waals surface area (Å²) in [5.41, 5.74) is 1.66. The molecule has 1 fully saturated rings. The fourth-order valence-corrected chi connectivity index (χ4v) is 2.93. The van der Waals surface area contributed by atoms with Crippen molar-refractivity contribution in [3.63, 3.8) is 0 Å². The van der Waals surface area contributed by atoms with Gasteiger partial charge in [0.2, 0.25) is 5.91 Å². The molecule has 0 spiro atoms. The van der Waals surface area contributed by atoms with E-state index in [-0.39, 0.29) is 41.4 Å². The van der Waals surface area contributed by atoms with Gasteiger partial charge in [0.05, 0.1) is 7.11 Å². The number of ether oxygens (including phenoxy) is 1. The smallest absolute Gasteiger partial charge is 0.339 e. The second-order valence-corrected chi connectivity index (χ2v) is 6.06. The Bertz CT molecular complexity index is 821. The lowest BCUT2D eigenvalue weighted by Crippen LogP contribution is -2.25. The number of hydrogen-bond donors (Lipinski definition) is 2. The van der Waals surface area contributed by atoms with Crippen LogP contribution in [0.4, 0.5) is 4.39 Å². The minimum Gasteiger partial charge on any atom is -0.496 e. The van der Waals surface area contributed by atoms with Crippen LogP contribution in [-0.4, -0.2) is 24.1 Å². The van der Waals surface area contributed by atoms with Crippen molar-refractivity contribution in [1.82, 2.24) is 5.32 Å². The average Bonchev–Trinajstić information content (AvgIpc) is 3.40. The first-order chi connectivity index (χ1) is 12.0. The Morgan fingerprint density at radius 2 is 2.08 bits per heavy atom. The number of carbonyl (C=O) groups is 2. The topological polar surface area (TPSA) is 75.6 Å². The zero-order chi connectivity index (χ0) is 18.0. The lowest BCUT2D eigenvalue weighted by atomic mass is 10.1. The molecule has 1 aliphatic carbocycles. The molecule has 3 rings (SSSR count). The van der Waals surface area contributed by atoms with Crippen LogP contribution in [0, 0.1) is 11.7 Å². The zero-order valence-corrected chi connectivity index (χ0v) is 13.7. The molecule has 0 saturated heterocycles. The van der Waals surface area contributed by atoms with E-state index in [0.717, 1.165) is 11.1 Å². The highest BCUT2D eigenvalue weighted by atomic mass is 19.1. The van der Waals surface area contributed by atoms with E-state index in [4.69, 9.17) is 9.84 Å². The van der Waals surface area contributed by atoms with Gasteiger partial charge in [0.15, 0.2) is 0 Å². The minimum atomic E-state index is -1.07. The van der Waals surface area contributed by atoms with Crippen molar-refractivity contribution in [1.29, 1.82) is 0 Å². The average molecular weight is 343 g/mol. The van der Waals surface area contributed by atoms with Crippen molar-refractivity contribution in [3.8, 4) is 5.75 Å². The molecule has 2 aromatic carbocycles. The maximum atomic E-state index is 13.3. The fourth-order valence-electron chi connectivity index (χ4n) is 2.93. The van der Waals surface area contributed by atoms with Gasteiger partial charge in [-0.1, -0.05) is 18.2 Å². The number of benzene rings is 2. The molecule has 1 saturated carbocycles. The number of hydrogen-bond acceptors (Lipinski definition) is 3. The van der Waals surface area contributed by atoms with E-state index in [1.165, 1.54) is 25.3 Å². The molecular weight excluding hydrogens is 325 g/mol. The van der Waals surface area contributed by atoms with E-state index in [0.29, 0.717) is 6.42 Å². The molecule has 0 radical (unpaired) electrons. The SMILES string of the molecule is COc1cc(CNC(=O)[C@@H]2C[C@H]2c2cccc(F)c2)ccc1C(=O)O. The first kappa shape index (κ1) is 17.0. The zero-order valence-electron chi connectivity index (χ0n) is 13.7. The van der Waals surface area contributed by atoms with Crippen LogP contribution in [0.25, 0.3) is 0 Å². The second kappa shape index (κ2) is 6.93. The summed E-state index contributed by atoms with van der Waals surface area (Å²) in [7, 11) is 1.40. The Morgan fingerprint density at radius 1 is 1.28 bits per heavy atom. The normalized spacial score (nSPS) is 18.5. The van der Waals surface area contributed by atoms with E-state index < -0.39 is 5.97 Å². The molecule has 25 heavy (non-hydrogen) atoms. The summed E-state index contributed by atoms with van der Waals surface area (Å²) in [5, 5.41) is 11.9. The first-order valence-corrected chi connectivity index (χ1v) is 7.93. The van der Waals surface area contributed by atoms with Crippen molar-refractivity contribution < 1.29 is 23.8 Å². The van der Waals surface area contributed by atoms with E-state index >= 15 is 0 Å². The number of halogens is 1. The van der Waals surface area contributed by atoms with Gasteiger partial charge < -0.3 is 15.2 Å². The second-order valence-electron chi connectivity index (χ2n) is 6.06. The summed E-state index contributed by atoms with van der Waals surface area (Å²) in [5.74, 6) is -1.29. The molecule has 1 amide bonds. The van der Waals surface area contributed by atoms with Gasteiger partial charge in [-0.2, -0.15) is 0 Å². The van der Waals surface area contributed by atoms with Crippen molar-refractivity contribution >= 4 is 11.9 Å². The summed E-state index contributed by atoms with van der Waals surface area (Å²) in [6.07, 6.45) is 0.705. The number of rotatable bonds is 6. The molecule has 0 aromatic heterocycles. The van der Waals surface area contributed by atoms with Crippen molar-refractivity contribution in [2.45, 2.75) is 18.9 Å². The standard InChI is InChI=1S/C19H18FNO4/c1-25-17-7-11(5-6-14(17)19(23)24)10-21-18(22)16-9-15(16)12-3-2-4-13(20)8-12/h2-8,15-16H,9-10H2,1H3,(H,21,22)(H,23,24)/t15-,16+/m0/s1. The monoisotopic (exact) mass is 343 g/mol. The van der Waals surface area contributed by atoms with Crippen LogP contribution in [0.15, 0.2) is 42.5 Å². The third-order valence-electron chi connectivity index (χ3n) is 4.37. The highest BCUT2D eigenvalue weighted by molar-refractivity contribution is 5.91. The number of methoxy groups -OCH3 is 1. The van der Waals surface area contributed by atoms with E-state index in [1.54, 1.807) is 18.2 Å². The number of aromatic carboxylic acids is 1. The predicted octanol–water partition coefficient (Wildman–Crippen LogP) is 2.95. The lowest BCUT2D eigenvalue weighted by Gasteiger charge is -2.09. The van der Waals surface area contributed by atoms with E-state index in [2.05, 4.69) is 5.32 Å². The van der Waals surface area contributed by atoms with Gasteiger partial charge in [-0.25, -0.2) is 9.18 Å². The van der Waals surface area contributed by atoms with E-state index in [9.17, 15) is 14.0 Å². The number of carboxylic acids is 1. The van der Waals surface area contributed by atoms with Gasteiger partial charge in [-0.3, -0.25) is 4.79 Å². The maximum absolute atomic E-state index is 13.3. The molecule has 0 aliphatic heterocycles. The van der Waals surface area contributed by atoms with Gasteiger partial charge >= 0.3 is 5.97 Å². The molecule has 0 heterocycles. The molecule has 2 N–H and O–H groups in total. The molecule has 6 heteroatoms. The van der Waals surface area contributed by atoms with Crippen LogP contribution in [0.5, 0.6) is 5.75 Å². The summed E-state index contributed by atoms with van der Waals surface area (Å²) in [6, 6.07) is 11.0. The first-order valence-electron chi connectivity index (χ1n) is 7.93. The number of carboxylic acid groups (broad SMARTS) is 1. The molecule has 5 nitrogen and oxygen atoms in total. The van der Waals surface area contributed by atoms with Crippen molar-refractivity contribution in [2.75, 3.05) is 7.11 Å². The molecule has 130 valence electrons. The summed E-state index contributed by atoms with van der Waals surface area (Å²) < 4.78 is 18.3. The summed E-state index contributed by atoms with van der Waals surface area (Å²) in [6.45, 7) is 0.279. The lowest BCUT2D eigenvalue weighted by molar-refractivity contribution is -0.122. The van der Waals surface area contributed by atoms with Gasteiger partial charge in [0.1, 0.15) is 17.1 Å².